The Labute approximate surface area is 90.0 Å². The molecule has 0 radical (unpaired) electrons. The lowest BCUT2D eigenvalue weighted by atomic mass is 10.0. The van der Waals surface area contributed by atoms with E-state index in [1.54, 1.807) is 6.07 Å². The Hall–Kier alpha value is -0.490. The molecule has 0 aromatic heterocycles. The molecule has 1 aromatic rings. The highest BCUT2D eigenvalue weighted by atomic mass is 127. The number of fused-ring (bicyclic) bond motifs is 1. The third kappa shape index (κ3) is 1.48. The molecule has 1 heterocycles. The topological polar surface area (TPSA) is 55.5 Å². The summed E-state index contributed by atoms with van der Waals surface area (Å²) < 4.78 is 6.21. The number of nitrogens with two attached hydrogens (primary N) is 1. The van der Waals surface area contributed by atoms with Crippen LogP contribution in [0.3, 0.4) is 0 Å². The van der Waals surface area contributed by atoms with E-state index in [2.05, 4.69) is 22.6 Å². The van der Waals surface area contributed by atoms with Gasteiger partial charge in [-0.05, 0) is 28.7 Å². The Morgan fingerprint density at radius 1 is 1.54 bits per heavy atom. The number of phenols is 1. The second kappa shape index (κ2) is 3.34. The predicted octanol–water partition coefficient (Wildman–Crippen LogP) is 1.78. The Morgan fingerprint density at radius 2 is 2.31 bits per heavy atom. The highest BCUT2D eigenvalue weighted by molar-refractivity contribution is 14.1. The summed E-state index contributed by atoms with van der Waals surface area (Å²) in [5.74, 6) is 1.01. The third-order valence-corrected chi connectivity index (χ3v) is 3.22. The first-order valence-electron chi connectivity index (χ1n) is 4.10. The van der Waals surface area contributed by atoms with E-state index in [0.717, 1.165) is 21.3 Å². The molecule has 0 saturated heterocycles. The molecule has 4 heteroatoms. The van der Waals surface area contributed by atoms with E-state index in [-0.39, 0.29) is 11.8 Å². The van der Waals surface area contributed by atoms with Crippen LogP contribution < -0.4 is 10.5 Å². The number of aromatic hydroxyl groups is 1. The van der Waals surface area contributed by atoms with E-state index in [1.165, 1.54) is 0 Å². The first kappa shape index (κ1) is 9.08. The smallest absolute Gasteiger partial charge is 0.141 e. The first-order chi connectivity index (χ1) is 6.20. The van der Waals surface area contributed by atoms with Crippen LogP contribution in [0.15, 0.2) is 12.1 Å². The maximum Gasteiger partial charge on any atom is 0.141 e. The van der Waals surface area contributed by atoms with Gasteiger partial charge < -0.3 is 15.6 Å². The normalized spacial score (nSPS) is 20.6. The van der Waals surface area contributed by atoms with Crippen molar-refractivity contribution < 1.29 is 9.84 Å². The molecule has 0 bridgehead atoms. The molecule has 0 fully saturated rings. The zero-order valence-electron chi connectivity index (χ0n) is 6.96. The van der Waals surface area contributed by atoms with E-state index in [0.29, 0.717) is 6.61 Å². The lowest BCUT2D eigenvalue weighted by molar-refractivity contribution is 0.265. The van der Waals surface area contributed by atoms with Gasteiger partial charge in [-0.25, -0.2) is 0 Å². The Morgan fingerprint density at radius 3 is 3.08 bits per heavy atom. The fourth-order valence-corrected chi connectivity index (χ4v) is 2.09. The SMILES string of the molecule is N[C@@H]1CCOc2c1ccc(O)c2I. The molecule has 0 saturated carbocycles. The van der Waals surface area contributed by atoms with Crippen LogP contribution >= 0.6 is 22.6 Å². The van der Waals surface area contributed by atoms with Crippen LogP contribution in [0, 0.1) is 3.57 Å². The zero-order chi connectivity index (χ0) is 9.42. The summed E-state index contributed by atoms with van der Waals surface area (Å²) in [5.41, 5.74) is 6.89. The van der Waals surface area contributed by atoms with Crippen molar-refractivity contribution in [1.29, 1.82) is 0 Å². The lowest BCUT2D eigenvalue weighted by Gasteiger charge is -2.24. The molecule has 3 N–H and O–H groups in total. The minimum atomic E-state index is 0.0397. The summed E-state index contributed by atoms with van der Waals surface area (Å²) in [6, 6.07) is 3.53. The first-order valence-corrected chi connectivity index (χ1v) is 5.18. The van der Waals surface area contributed by atoms with Gasteiger partial charge in [0, 0.05) is 18.0 Å². The average Bonchev–Trinajstić information content (AvgIpc) is 2.12. The zero-order valence-corrected chi connectivity index (χ0v) is 9.11. The number of hydrogen-bond acceptors (Lipinski definition) is 3. The molecular formula is C9H10INO2. The summed E-state index contributed by atoms with van der Waals surface area (Å²) in [4.78, 5) is 0. The highest BCUT2D eigenvalue weighted by Crippen LogP contribution is 2.38. The van der Waals surface area contributed by atoms with Crippen molar-refractivity contribution >= 4 is 22.6 Å². The van der Waals surface area contributed by atoms with Gasteiger partial charge in [0.1, 0.15) is 11.5 Å². The van der Waals surface area contributed by atoms with E-state index >= 15 is 0 Å². The molecule has 3 nitrogen and oxygen atoms in total. The number of ether oxygens (including phenoxy) is 1. The largest absolute Gasteiger partial charge is 0.507 e. The Balaban J connectivity index is 2.56. The van der Waals surface area contributed by atoms with Crippen LogP contribution in [0.2, 0.25) is 0 Å². The second-order valence-electron chi connectivity index (χ2n) is 3.06. The van der Waals surface area contributed by atoms with E-state index < -0.39 is 0 Å². The average molecular weight is 291 g/mol. The number of phenolic OH excluding ortho intramolecular Hbond substituents is 1. The Bertz CT molecular complexity index is 341. The molecule has 0 unspecified atom stereocenters. The van der Waals surface area contributed by atoms with Gasteiger partial charge in [-0.3, -0.25) is 0 Å². The van der Waals surface area contributed by atoms with Gasteiger partial charge >= 0.3 is 0 Å². The molecule has 13 heavy (non-hydrogen) atoms. The highest BCUT2D eigenvalue weighted by Gasteiger charge is 2.21. The number of rotatable bonds is 0. The van der Waals surface area contributed by atoms with Gasteiger partial charge in [0.25, 0.3) is 0 Å². The van der Waals surface area contributed by atoms with Crippen LogP contribution in [-0.2, 0) is 0 Å². The van der Waals surface area contributed by atoms with Gasteiger partial charge in [-0.15, -0.1) is 0 Å². The molecule has 1 aromatic carbocycles. The van der Waals surface area contributed by atoms with Crippen molar-refractivity contribution in [3.63, 3.8) is 0 Å². The molecule has 0 amide bonds. The van der Waals surface area contributed by atoms with Crippen LogP contribution in [0.1, 0.15) is 18.0 Å². The Kier molecular flexibility index (Phi) is 2.33. The molecule has 1 aliphatic heterocycles. The van der Waals surface area contributed by atoms with Crippen molar-refractivity contribution in [3.05, 3.63) is 21.3 Å². The van der Waals surface area contributed by atoms with Crippen molar-refractivity contribution in [3.8, 4) is 11.5 Å². The maximum atomic E-state index is 9.43. The molecule has 1 aliphatic rings. The van der Waals surface area contributed by atoms with Gasteiger partial charge in [-0.2, -0.15) is 0 Å². The lowest BCUT2D eigenvalue weighted by Crippen LogP contribution is -2.21. The summed E-state index contributed by atoms with van der Waals surface area (Å²) in [7, 11) is 0. The van der Waals surface area contributed by atoms with Gasteiger partial charge in [0.15, 0.2) is 0 Å². The standard InChI is InChI=1S/C9H10INO2/c10-8-7(12)2-1-5-6(11)3-4-13-9(5)8/h1-2,6,12H,3-4,11H2/t6-/m1/s1. The molecule has 1 atom stereocenters. The summed E-state index contributed by atoms with van der Waals surface area (Å²) in [6.45, 7) is 0.633. The fourth-order valence-electron chi connectivity index (χ4n) is 1.44. The summed E-state index contributed by atoms with van der Waals surface area (Å²) in [6.07, 6.45) is 0.841. The van der Waals surface area contributed by atoms with Gasteiger partial charge in [0.2, 0.25) is 0 Å². The molecule has 70 valence electrons. The second-order valence-corrected chi connectivity index (χ2v) is 4.14. The number of hydrogen-bond donors (Lipinski definition) is 2. The third-order valence-electron chi connectivity index (χ3n) is 2.18. The molecular weight excluding hydrogens is 281 g/mol. The monoisotopic (exact) mass is 291 g/mol. The minimum Gasteiger partial charge on any atom is -0.507 e. The van der Waals surface area contributed by atoms with E-state index in [1.807, 2.05) is 6.07 Å². The maximum absolute atomic E-state index is 9.43. The van der Waals surface area contributed by atoms with E-state index in [9.17, 15) is 5.11 Å². The van der Waals surface area contributed by atoms with Crippen LogP contribution in [0.4, 0.5) is 0 Å². The van der Waals surface area contributed by atoms with Crippen LogP contribution in [0.25, 0.3) is 0 Å². The fraction of sp³-hybridized carbons (Fsp3) is 0.333. The van der Waals surface area contributed by atoms with Gasteiger partial charge in [-0.1, -0.05) is 6.07 Å². The number of benzene rings is 1. The molecule has 0 aliphatic carbocycles. The quantitative estimate of drug-likeness (QED) is 0.716. The van der Waals surface area contributed by atoms with Crippen LogP contribution in [-0.4, -0.2) is 11.7 Å². The van der Waals surface area contributed by atoms with E-state index in [4.69, 9.17) is 10.5 Å². The van der Waals surface area contributed by atoms with Gasteiger partial charge in [0.05, 0.1) is 10.2 Å². The van der Waals surface area contributed by atoms with Crippen molar-refractivity contribution in [1.82, 2.24) is 0 Å². The summed E-state index contributed by atoms with van der Waals surface area (Å²) >= 11 is 2.07. The van der Waals surface area contributed by atoms with Crippen molar-refractivity contribution in [2.24, 2.45) is 5.73 Å². The van der Waals surface area contributed by atoms with Crippen molar-refractivity contribution in [2.45, 2.75) is 12.5 Å². The summed E-state index contributed by atoms with van der Waals surface area (Å²) in [5, 5.41) is 9.43. The molecule has 2 rings (SSSR count). The predicted molar refractivity (Wildman–Crippen MR) is 57.9 cm³/mol. The number of halogens is 1. The van der Waals surface area contributed by atoms with Crippen molar-refractivity contribution in [2.75, 3.05) is 6.61 Å². The minimum absolute atomic E-state index is 0.0397. The molecule has 0 spiro atoms. The van der Waals surface area contributed by atoms with Crippen LogP contribution in [0.5, 0.6) is 11.5 Å².